The number of carbonyl (C=O) groups is 1. The highest BCUT2D eigenvalue weighted by Gasteiger charge is 2.31. The molecule has 0 aromatic heterocycles. The Hall–Kier alpha value is -0.610. The van der Waals surface area contributed by atoms with Gasteiger partial charge in [-0.1, -0.05) is 25.7 Å². The van der Waals surface area contributed by atoms with Crippen LogP contribution >= 0.6 is 0 Å². The van der Waals surface area contributed by atoms with E-state index in [1.807, 2.05) is 0 Å². The van der Waals surface area contributed by atoms with Gasteiger partial charge >= 0.3 is 0 Å². The van der Waals surface area contributed by atoms with Gasteiger partial charge in [0.1, 0.15) is 0 Å². The molecule has 0 radical (unpaired) electrons. The van der Waals surface area contributed by atoms with Crippen molar-refractivity contribution < 1.29 is 9.90 Å². The molecular weight excluding hydrogens is 228 g/mol. The molecule has 2 rings (SSSR count). The summed E-state index contributed by atoms with van der Waals surface area (Å²) in [5.41, 5.74) is 5.24. The van der Waals surface area contributed by atoms with E-state index < -0.39 is 5.60 Å². The van der Waals surface area contributed by atoms with Crippen molar-refractivity contribution >= 4 is 5.91 Å². The fraction of sp³-hybridized carbons (Fsp3) is 0.929. The molecule has 0 aliphatic heterocycles. The number of carbonyl (C=O) groups excluding carboxylic acids is 1. The van der Waals surface area contributed by atoms with Crippen LogP contribution in [0, 0.1) is 5.92 Å². The standard InChI is InChI=1S/C14H26N2O2/c15-12-6-4-5-11(9-12)13(17)16-10-14(18)7-2-1-3-8-14/h11-12,18H,1-10,15H2,(H,16,17). The molecule has 2 fully saturated rings. The number of amides is 1. The molecule has 2 atom stereocenters. The van der Waals surface area contributed by atoms with E-state index in [1.165, 1.54) is 6.42 Å². The van der Waals surface area contributed by atoms with Crippen LogP contribution in [-0.2, 0) is 4.79 Å². The Labute approximate surface area is 109 Å². The first kappa shape index (κ1) is 13.8. The Bertz CT molecular complexity index is 288. The summed E-state index contributed by atoms with van der Waals surface area (Å²) in [6, 6.07) is 0.173. The van der Waals surface area contributed by atoms with Crippen LogP contribution in [0.15, 0.2) is 0 Å². The van der Waals surface area contributed by atoms with Crippen molar-refractivity contribution in [1.29, 1.82) is 0 Å². The molecule has 2 aliphatic carbocycles. The van der Waals surface area contributed by atoms with Crippen molar-refractivity contribution in [2.24, 2.45) is 11.7 Å². The fourth-order valence-electron chi connectivity index (χ4n) is 3.25. The molecule has 2 aliphatic rings. The van der Waals surface area contributed by atoms with E-state index in [0.29, 0.717) is 6.54 Å². The molecule has 104 valence electrons. The maximum atomic E-state index is 12.1. The van der Waals surface area contributed by atoms with Gasteiger partial charge in [0.15, 0.2) is 0 Å². The maximum absolute atomic E-state index is 12.1. The van der Waals surface area contributed by atoms with Gasteiger partial charge in [-0.15, -0.1) is 0 Å². The molecule has 0 saturated heterocycles. The van der Waals surface area contributed by atoms with Gasteiger partial charge in [0.25, 0.3) is 0 Å². The lowest BCUT2D eigenvalue weighted by atomic mass is 9.83. The highest BCUT2D eigenvalue weighted by molar-refractivity contribution is 5.78. The summed E-state index contributed by atoms with van der Waals surface area (Å²) in [5, 5.41) is 13.3. The highest BCUT2D eigenvalue weighted by atomic mass is 16.3. The highest BCUT2D eigenvalue weighted by Crippen LogP contribution is 2.28. The van der Waals surface area contributed by atoms with Gasteiger partial charge in [-0.05, 0) is 32.1 Å². The summed E-state index contributed by atoms with van der Waals surface area (Å²) < 4.78 is 0. The first-order chi connectivity index (χ1) is 8.59. The molecule has 0 aromatic carbocycles. The average molecular weight is 254 g/mol. The van der Waals surface area contributed by atoms with E-state index in [9.17, 15) is 9.90 Å². The molecule has 4 nitrogen and oxygen atoms in total. The lowest BCUT2D eigenvalue weighted by Crippen LogP contribution is -2.47. The lowest BCUT2D eigenvalue weighted by Gasteiger charge is -2.33. The summed E-state index contributed by atoms with van der Waals surface area (Å²) in [6.45, 7) is 0.414. The van der Waals surface area contributed by atoms with Crippen molar-refractivity contribution in [2.45, 2.75) is 69.4 Å². The smallest absolute Gasteiger partial charge is 0.223 e. The molecule has 4 heteroatoms. The number of hydrogen-bond donors (Lipinski definition) is 3. The zero-order valence-electron chi connectivity index (χ0n) is 11.2. The Morgan fingerprint density at radius 2 is 1.94 bits per heavy atom. The van der Waals surface area contributed by atoms with Crippen molar-refractivity contribution in [3.63, 3.8) is 0 Å². The van der Waals surface area contributed by atoms with E-state index in [4.69, 9.17) is 5.73 Å². The number of aliphatic hydroxyl groups is 1. The third kappa shape index (κ3) is 3.69. The summed E-state index contributed by atoms with van der Waals surface area (Å²) in [5.74, 6) is 0.144. The first-order valence-corrected chi connectivity index (χ1v) is 7.35. The van der Waals surface area contributed by atoms with Gasteiger partial charge in [0.2, 0.25) is 5.91 Å². The maximum Gasteiger partial charge on any atom is 0.223 e. The van der Waals surface area contributed by atoms with E-state index >= 15 is 0 Å². The number of nitrogens with two attached hydrogens (primary N) is 1. The van der Waals surface area contributed by atoms with Gasteiger partial charge in [-0.25, -0.2) is 0 Å². The fourth-order valence-corrected chi connectivity index (χ4v) is 3.25. The van der Waals surface area contributed by atoms with Crippen molar-refractivity contribution in [3.8, 4) is 0 Å². The summed E-state index contributed by atoms with van der Waals surface area (Å²) in [7, 11) is 0. The predicted molar refractivity (Wildman–Crippen MR) is 71.0 cm³/mol. The second-order valence-corrected chi connectivity index (χ2v) is 6.13. The van der Waals surface area contributed by atoms with Gasteiger partial charge in [0.05, 0.1) is 5.60 Å². The van der Waals surface area contributed by atoms with Crippen LogP contribution < -0.4 is 11.1 Å². The molecule has 4 N–H and O–H groups in total. The van der Waals surface area contributed by atoms with Crippen LogP contribution in [-0.4, -0.2) is 29.2 Å². The Morgan fingerprint density at radius 3 is 2.61 bits per heavy atom. The average Bonchev–Trinajstić information content (AvgIpc) is 2.37. The Kier molecular flexibility index (Phi) is 4.62. The monoisotopic (exact) mass is 254 g/mol. The van der Waals surface area contributed by atoms with Crippen LogP contribution in [0.5, 0.6) is 0 Å². The number of rotatable bonds is 3. The third-order valence-electron chi connectivity index (χ3n) is 4.46. The van der Waals surface area contributed by atoms with Crippen LogP contribution in [0.3, 0.4) is 0 Å². The zero-order chi connectivity index (χ0) is 13.0. The minimum atomic E-state index is -0.662. The zero-order valence-corrected chi connectivity index (χ0v) is 11.2. The molecule has 2 saturated carbocycles. The van der Waals surface area contributed by atoms with Crippen LogP contribution in [0.25, 0.3) is 0 Å². The first-order valence-electron chi connectivity index (χ1n) is 7.35. The van der Waals surface area contributed by atoms with Gasteiger partial charge in [-0.3, -0.25) is 4.79 Å². The third-order valence-corrected chi connectivity index (χ3v) is 4.46. The van der Waals surface area contributed by atoms with E-state index in [1.54, 1.807) is 0 Å². The van der Waals surface area contributed by atoms with Crippen LogP contribution in [0.2, 0.25) is 0 Å². The van der Waals surface area contributed by atoms with Crippen LogP contribution in [0.1, 0.15) is 57.8 Å². The minimum Gasteiger partial charge on any atom is -0.388 e. The largest absolute Gasteiger partial charge is 0.388 e. The van der Waals surface area contributed by atoms with Gasteiger partial charge in [-0.2, -0.15) is 0 Å². The summed E-state index contributed by atoms with van der Waals surface area (Å²) >= 11 is 0. The van der Waals surface area contributed by atoms with E-state index in [0.717, 1.165) is 51.4 Å². The SMILES string of the molecule is NC1CCCC(C(=O)NCC2(O)CCCCC2)C1. The molecule has 0 aromatic rings. The summed E-state index contributed by atoms with van der Waals surface area (Å²) in [4.78, 5) is 12.1. The summed E-state index contributed by atoms with van der Waals surface area (Å²) in [6.07, 6.45) is 8.80. The van der Waals surface area contributed by atoms with Gasteiger partial charge < -0.3 is 16.2 Å². The molecule has 1 amide bonds. The van der Waals surface area contributed by atoms with Crippen LogP contribution in [0.4, 0.5) is 0 Å². The van der Waals surface area contributed by atoms with Gasteiger partial charge in [0, 0.05) is 18.5 Å². The number of hydrogen-bond acceptors (Lipinski definition) is 3. The second-order valence-electron chi connectivity index (χ2n) is 6.13. The minimum absolute atomic E-state index is 0.0564. The van der Waals surface area contributed by atoms with Crippen molar-refractivity contribution in [1.82, 2.24) is 5.32 Å². The quantitative estimate of drug-likeness (QED) is 0.711. The number of nitrogens with one attached hydrogen (secondary N) is 1. The Balaban J connectivity index is 1.76. The van der Waals surface area contributed by atoms with E-state index in [-0.39, 0.29) is 17.9 Å². The van der Waals surface area contributed by atoms with Crippen molar-refractivity contribution in [3.05, 3.63) is 0 Å². The van der Waals surface area contributed by atoms with E-state index in [2.05, 4.69) is 5.32 Å². The second kappa shape index (κ2) is 6.02. The predicted octanol–water partition coefficient (Wildman–Crippen LogP) is 1.32. The normalized spacial score (nSPS) is 31.9. The topological polar surface area (TPSA) is 75.4 Å². The molecule has 0 bridgehead atoms. The molecule has 0 heterocycles. The van der Waals surface area contributed by atoms with Crippen molar-refractivity contribution in [2.75, 3.05) is 6.54 Å². The lowest BCUT2D eigenvalue weighted by molar-refractivity contribution is -0.127. The molecule has 18 heavy (non-hydrogen) atoms. The molecule has 0 spiro atoms. The molecular formula is C14H26N2O2. The molecule has 2 unspecified atom stereocenters. The Morgan fingerprint density at radius 1 is 1.22 bits per heavy atom.